The topological polar surface area (TPSA) is 75.3 Å². The molecule has 0 saturated heterocycles. The van der Waals surface area contributed by atoms with Crippen LogP contribution in [0.4, 0.5) is 0 Å². The van der Waals surface area contributed by atoms with E-state index in [2.05, 4.69) is 12.2 Å². The molecule has 4 heteroatoms. The minimum Gasteiger partial charge on any atom is -0.480 e. The maximum atomic E-state index is 10.2. The summed E-state index contributed by atoms with van der Waals surface area (Å²) in [5.74, 6) is -0.827. The van der Waals surface area contributed by atoms with Gasteiger partial charge in [-0.05, 0) is 6.42 Å². The summed E-state index contributed by atoms with van der Waals surface area (Å²) in [7, 11) is 0. The number of nitrogens with one attached hydrogen (secondary N) is 1. The number of carbonyl (C=O) groups is 1. The first-order chi connectivity index (χ1) is 7.66. The van der Waals surface area contributed by atoms with E-state index >= 15 is 0 Å². The van der Waals surface area contributed by atoms with Gasteiger partial charge in [-0.1, -0.05) is 45.4 Å². The molecule has 1 atom stereocenters. The lowest BCUT2D eigenvalue weighted by atomic mass is 10.1. The maximum Gasteiger partial charge on any atom is 0.317 e. The number of carboxylic acid groups (broad SMARTS) is 1. The van der Waals surface area contributed by atoms with E-state index in [1.54, 1.807) is 0 Å². The van der Waals surface area contributed by atoms with Gasteiger partial charge in [0.15, 0.2) is 0 Å². The highest BCUT2D eigenvalue weighted by Crippen LogP contribution is 2.07. The van der Waals surface area contributed by atoms with E-state index in [1.807, 2.05) is 0 Å². The lowest BCUT2D eigenvalue weighted by Crippen LogP contribution is -2.36. The molecule has 16 heavy (non-hydrogen) atoms. The van der Waals surface area contributed by atoms with E-state index < -0.39 is 5.97 Å². The highest BCUT2D eigenvalue weighted by atomic mass is 16.4. The Morgan fingerprint density at radius 1 is 1.25 bits per heavy atom. The number of rotatable bonds is 11. The molecule has 0 fully saturated rings. The van der Waals surface area contributed by atoms with Crippen molar-refractivity contribution in [2.24, 2.45) is 5.73 Å². The number of hydrogen-bond donors (Lipinski definition) is 3. The summed E-state index contributed by atoms with van der Waals surface area (Å²) in [6.45, 7) is 2.81. The predicted molar refractivity (Wildman–Crippen MR) is 66.5 cm³/mol. The number of nitrogens with two attached hydrogens (primary N) is 1. The van der Waals surface area contributed by atoms with Gasteiger partial charge < -0.3 is 16.2 Å². The van der Waals surface area contributed by atoms with Crippen LogP contribution in [0.2, 0.25) is 0 Å². The highest BCUT2D eigenvalue weighted by Gasteiger charge is 2.03. The molecule has 0 amide bonds. The Kier molecular flexibility index (Phi) is 10.5. The second-order valence-electron chi connectivity index (χ2n) is 4.34. The second-order valence-corrected chi connectivity index (χ2v) is 4.34. The van der Waals surface area contributed by atoms with Gasteiger partial charge in [-0.3, -0.25) is 4.79 Å². The molecule has 0 heterocycles. The Morgan fingerprint density at radius 3 is 2.50 bits per heavy atom. The summed E-state index contributed by atoms with van der Waals surface area (Å²) in [6, 6.07) is 0.0884. The van der Waals surface area contributed by atoms with Crippen molar-refractivity contribution in [3.63, 3.8) is 0 Å². The molecular weight excluding hydrogens is 204 g/mol. The van der Waals surface area contributed by atoms with Gasteiger partial charge in [0.1, 0.15) is 0 Å². The molecule has 96 valence electrons. The SMILES string of the molecule is CCCCCCCCC(N)CNCC(=O)O. The van der Waals surface area contributed by atoms with Crippen molar-refractivity contribution < 1.29 is 9.90 Å². The van der Waals surface area contributed by atoms with Gasteiger partial charge >= 0.3 is 5.97 Å². The van der Waals surface area contributed by atoms with Crippen molar-refractivity contribution in [2.45, 2.75) is 57.9 Å². The van der Waals surface area contributed by atoms with Crippen LogP contribution in [0.3, 0.4) is 0 Å². The minimum atomic E-state index is -0.827. The Bertz CT molecular complexity index is 174. The zero-order valence-electron chi connectivity index (χ0n) is 10.4. The minimum absolute atomic E-state index is 0.00417. The first-order valence-electron chi connectivity index (χ1n) is 6.35. The molecule has 0 spiro atoms. The Balaban J connectivity index is 3.17. The highest BCUT2D eigenvalue weighted by molar-refractivity contribution is 5.68. The standard InChI is InChI=1S/C12H26N2O2/c1-2-3-4-5-6-7-8-11(13)9-14-10-12(15)16/h11,14H,2-10,13H2,1H3,(H,15,16). The number of carboxylic acids is 1. The van der Waals surface area contributed by atoms with Crippen molar-refractivity contribution in [3.8, 4) is 0 Å². The maximum absolute atomic E-state index is 10.2. The fourth-order valence-corrected chi connectivity index (χ4v) is 1.65. The molecular formula is C12H26N2O2. The largest absolute Gasteiger partial charge is 0.480 e. The summed E-state index contributed by atoms with van der Waals surface area (Å²) in [5.41, 5.74) is 5.85. The van der Waals surface area contributed by atoms with Gasteiger partial charge in [-0.25, -0.2) is 0 Å². The van der Waals surface area contributed by atoms with Crippen LogP contribution in [0.1, 0.15) is 51.9 Å². The predicted octanol–water partition coefficient (Wildman–Crippen LogP) is 1.74. The van der Waals surface area contributed by atoms with Crippen molar-refractivity contribution >= 4 is 5.97 Å². The van der Waals surface area contributed by atoms with Gasteiger partial charge in [0.2, 0.25) is 0 Å². The smallest absolute Gasteiger partial charge is 0.317 e. The first-order valence-corrected chi connectivity index (χ1v) is 6.35. The van der Waals surface area contributed by atoms with E-state index in [1.165, 1.54) is 32.1 Å². The van der Waals surface area contributed by atoms with E-state index in [-0.39, 0.29) is 12.6 Å². The van der Waals surface area contributed by atoms with Crippen LogP contribution in [0, 0.1) is 0 Å². The molecule has 0 aromatic carbocycles. The van der Waals surface area contributed by atoms with Crippen LogP contribution in [0.5, 0.6) is 0 Å². The van der Waals surface area contributed by atoms with Crippen molar-refractivity contribution in [3.05, 3.63) is 0 Å². The third-order valence-electron chi connectivity index (χ3n) is 2.61. The quantitative estimate of drug-likeness (QED) is 0.473. The van der Waals surface area contributed by atoms with Gasteiger partial charge in [0.25, 0.3) is 0 Å². The summed E-state index contributed by atoms with van der Waals surface area (Å²) in [4.78, 5) is 10.2. The zero-order chi connectivity index (χ0) is 12.2. The molecule has 0 saturated carbocycles. The Labute approximate surface area is 98.6 Å². The average molecular weight is 230 g/mol. The van der Waals surface area contributed by atoms with Gasteiger partial charge in [-0.2, -0.15) is 0 Å². The van der Waals surface area contributed by atoms with Crippen LogP contribution >= 0.6 is 0 Å². The Morgan fingerprint density at radius 2 is 1.88 bits per heavy atom. The summed E-state index contributed by atoms with van der Waals surface area (Å²) in [6.07, 6.45) is 8.60. The zero-order valence-corrected chi connectivity index (χ0v) is 10.4. The van der Waals surface area contributed by atoms with Gasteiger partial charge in [0.05, 0.1) is 6.54 Å². The lowest BCUT2D eigenvalue weighted by Gasteiger charge is -2.11. The molecule has 0 aromatic rings. The van der Waals surface area contributed by atoms with Crippen LogP contribution in [-0.4, -0.2) is 30.2 Å². The normalized spacial score (nSPS) is 12.6. The second kappa shape index (κ2) is 10.9. The van der Waals surface area contributed by atoms with E-state index in [0.29, 0.717) is 6.54 Å². The number of aliphatic carboxylic acids is 1. The molecule has 0 aliphatic heterocycles. The summed E-state index contributed by atoms with van der Waals surface area (Å²) < 4.78 is 0. The number of unbranched alkanes of at least 4 members (excludes halogenated alkanes) is 5. The van der Waals surface area contributed by atoms with Gasteiger partial charge in [-0.15, -0.1) is 0 Å². The van der Waals surface area contributed by atoms with Crippen molar-refractivity contribution in [2.75, 3.05) is 13.1 Å². The molecule has 4 nitrogen and oxygen atoms in total. The molecule has 0 aliphatic rings. The lowest BCUT2D eigenvalue weighted by molar-refractivity contribution is -0.135. The van der Waals surface area contributed by atoms with Crippen LogP contribution in [0.15, 0.2) is 0 Å². The van der Waals surface area contributed by atoms with Crippen LogP contribution in [0.25, 0.3) is 0 Å². The molecule has 0 rings (SSSR count). The Hall–Kier alpha value is -0.610. The van der Waals surface area contributed by atoms with Gasteiger partial charge in [0, 0.05) is 12.6 Å². The molecule has 0 aromatic heterocycles. The fourth-order valence-electron chi connectivity index (χ4n) is 1.65. The fraction of sp³-hybridized carbons (Fsp3) is 0.917. The molecule has 1 unspecified atom stereocenters. The summed E-state index contributed by atoms with van der Waals surface area (Å²) in [5, 5.41) is 11.2. The number of hydrogen-bond acceptors (Lipinski definition) is 3. The monoisotopic (exact) mass is 230 g/mol. The van der Waals surface area contributed by atoms with Crippen molar-refractivity contribution in [1.29, 1.82) is 0 Å². The van der Waals surface area contributed by atoms with E-state index in [0.717, 1.165) is 12.8 Å². The summed E-state index contributed by atoms with van der Waals surface area (Å²) >= 11 is 0. The third-order valence-corrected chi connectivity index (χ3v) is 2.61. The molecule has 0 bridgehead atoms. The van der Waals surface area contributed by atoms with Crippen LogP contribution < -0.4 is 11.1 Å². The van der Waals surface area contributed by atoms with Crippen molar-refractivity contribution in [1.82, 2.24) is 5.32 Å². The van der Waals surface area contributed by atoms with E-state index in [9.17, 15) is 4.79 Å². The molecule has 0 aliphatic carbocycles. The average Bonchev–Trinajstić information content (AvgIpc) is 2.22. The van der Waals surface area contributed by atoms with Crippen LogP contribution in [-0.2, 0) is 4.79 Å². The van der Waals surface area contributed by atoms with E-state index in [4.69, 9.17) is 10.8 Å². The first kappa shape index (κ1) is 15.4. The molecule has 0 radical (unpaired) electrons. The third kappa shape index (κ3) is 11.5. The molecule has 4 N–H and O–H groups in total.